The summed E-state index contributed by atoms with van der Waals surface area (Å²) in [7, 11) is -1.70. The molecule has 0 saturated carbocycles. The molecule has 0 bridgehead atoms. The minimum Gasteiger partial charge on any atom is -0.496 e. The highest BCUT2D eigenvalue weighted by atomic mass is 32.2. The molecule has 6 heteroatoms. The molecule has 0 atom stereocenters. The first kappa shape index (κ1) is 14.3. The third-order valence-electron chi connectivity index (χ3n) is 2.72. The average molecular weight is 292 g/mol. The lowest BCUT2D eigenvalue weighted by molar-refractivity contribution is 0.416. The molecule has 0 spiro atoms. The van der Waals surface area contributed by atoms with Crippen molar-refractivity contribution in [3.63, 3.8) is 0 Å². The van der Waals surface area contributed by atoms with Crippen LogP contribution in [0.5, 0.6) is 5.75 Å². The summed E-state index contributed by atoms with van der Waals surface area (Å²) in [5, 5.41) is 0. The number of anilines is 1. The van der Waals surface area contributed by atoms with Crippen molar-refractivity contribution in [2.75, 3.05) is 18.1 Å². The summed E-state index contributed by atoms with van der Waals surface area (Å²) in [5.74, 6) is 1.05. The fourth-order valence-electron chi connectivity index (χ4n) is 1.85. The molecule has 0 radical (unpaired) electrons. The van der Waals surface area contributed by atoms with E-state index in [2.05, 4.69) is 9.71 Å². The fourth-order valence-corrected chi connectivity index (χ4v) is 2.35. The van der Waals surface area contributed by atoms with Gasteiger partial charge in [-0.05, 0) is 31.2 Å². The SMILES string of the molecule is COc1ccc(C)cc1-c1ccc(NS(C)(=O)=O)nc1. The van der Waals surface area contributed by atoms with Crippen LogP contribution in [0.25, 0.3) is 11.1 Å². The van der Waals surface area contributed by atoms with Crippen LogP contribution in [0.2, 0.25) is 0 Å². The van der Waals surface area contributed by atoms with Gasteiger partial charge < -0.3 is 4.74 Å². The van der Waals surface area contributed by atoms with Crippen LogP contribution in [-0.2, 0) is 10.0 Å². The van der Waals surface area contributed by atoms with Crippen molar-refractivity contribution in [1.82, 2.24) is 4.98 Å². The van der Waals surface area contributed by atoms with Gasteiger partial charge in [-0.2, -0.15) is 0 Å². The predicted octanol–water partition coefficient (Wildman–Crippen LogP) is 2.44. The molecular formula is C14H16N2O3S. The van der Waals surface area contributed by atoms with Gasteiger partial charge >= 0.3 is 0 Å². The Bertz CT molecular complexity index is 710. The van der Waals surface area contributed by atoms with E-state index in [1.807, 2.05) is 25.1 Å². The summed E-state index contributed by atoms with van der Waals surface area (Å²) in [5.41, 5.74) is 2.90. The average Bonchev–Trinajstić information content (AvgIpc) is 2.38. The standard InChI is InChI=1S/C14H16N2O3S/c1-10-4-6-13(19-2)12(8-10)11-5-7-14(15-9-11)16-20(3,17)18/h4-9H,1-3H3,(H,15,16). The second-order valence-electron chi connectivity index (χ2n) is 4.51. The first-order chi connectivity index (χ1) is 9.39. The van der Waals surface area contributed by atoms with Gasteiger partial charge in [0.25, 0.3) is 0 Å². The van der Waals surface area contributed by atoms with Crippen molar-refractivity contribution < 1.29 is 13.2 Å². The molecule has 106 valence electrons. The molecule has 2 rings (SSSR count). The number of nitrogens with one attached hydrogen (secondary N) is 1. The number of benzene rings is 1. The second kappa shape index (κ2) is 5.50. The number of sulfonamides is 1. The number of pyridine rings is 1. The first-order valence-corrected chi connectivity index (χ1v) is 7.87. The van der Waals surface area contributed by atoms with Gasteiger partial charge in [-0.25, -0.2) is 13.4 Å². The zero-order chi connectivity index (χ0) is 14.8. The van der Waals surface area contributed by atoms with Gasteiger partial charge in [0.2, 0.25) is 10.0 Å². The number of ether oxygens (including phenoxy) is 1. The molecule has 2 aromatic rings. The van der Waals surface area contributed by atoms with Crippen LogP contribution in [-0.4, -0.2) is 26.8 Å². The maximum atomic E-state index is 11.1. The van der Waals surface area contributed by atoms with E-state index in [0.717, 1.165) is 28.7 Å². The van der Waals surface area contributed by atoms with E-state index in [1.165, 1.54) is 0 Å². The number of aryl methyl sites for hydroxylation is 1. The van der Waals surface area contributed by atoms with Crippen LogP contribution in [0.15, 0.2) is 36.5 Å². The molecule has 0 unspecified atom stereocenters. The molecule has 0 aliphatic carbocycles. The van der Waals surface area contributed by atoms with Gasteiger partial charge in [0.15, 0.2) is 0 Å². The van der Waals surface area contributed by atoms with Crippen LogP contribution in [0, 0.1) is 6.92 Å². The summed E-state index contributed by atoms with van der Waals surface area (Å²) >= 11 is 0. The second-order valence-corrected chi connectivity index (χ2v) is 6.26. The van der Waals surface area contributed by atoms with E-state index in [4.69, 9.17) is 4.74 Å². The minimum atomic E-state index is -3.31. The van der Waals surface area contributed by atoms with Crippen molar-refractivity contribution in [1.29, 1.82) is 0 Å². The fraction of sp³-hybridized carbons (Fsp3) is 0.214. The zero-order valence-corrected chi connectivity index (χ0v) is 12.4. The monoisotopic (exact) mass is 292 g/mol. The molecule has 1 N–H and O–H groups in total. The van der Waals surface area contributed by atoms with Gasteiger partial charge in [0.05, 0.1) is 13.4 Å². The number of rotatable bonds is 4. The van der Waals surface area contributed by atoms with Crippen LogP contribution in [0.1, 0.15) is 5.56 Å². The Morgan fingerprint density at radius 2 is 1.95 bits per heavy atom. The van der Waals surface area contributed by atoms with Crippen molar-refractivity contribution in [2.24, 2.45) is 0 Å². The summed E-state index contributed by atoms with van der Waals surface area (Å²) in [4.78, 5) is 4.10. The highest BCUT2D eigenvalue weighted by Crippen LogP contribution is 2.30. The van der Waals surface area contributed by atoms with Gasteiger partial charge in [0, 0.05) is 17.3 Å². The molecule has 20 heavy (non-hydrogen) atoms. The molecule has 5 nitrogen and oxygen atoms in total. The number of nitrogens with zero attached hydrogens (tertiary/aromatic N) is 1. The topological polar surface area (TPSA) is 68.3 Å². The van der Waals surface area contributed by atoms with E-state index in [9.17, 15) is 8.42 Å². The molecular weight excluding hydrogens is 276 g/mol. The lowest BCUT2D eigenvalue weighted by atomic mass is 10.0. The maximum Gasteiger partial charge on any atom is 0.230 e. The van der Waals surface area contributed by atoms with Gasteiger partial charge in [-0.3, -0.25) is 4.72 Å². The molecule has 1 aromatic carbocycles. The van der Waals surface area contributed by atoms with Gasteiger partial charge in [0.1, 0.15) is 11.6 Å². The normalized spacial score (nSPS) is 11.2. The largest absolute Gasteiger partial charge is 0.496 e. The summed E-state index contributed by atoms with van der Waals surface area (Å²) in [6, 6.07) is 9.29. The van der Waals surface area contributed by atoms with Crippen molar-refractivity contribution in [3.8, 4) is 16.9 Å². The first-order valence-electron chi connectivity index (χ1n) is 5.98. The lowest BCUT2D eigenvalue weighted by Gasteiger charge is -2.10. The Morgan fingerprint density at radius 1 is 1.20 bits per heavy atom. The maximum absolute atomic E-state index is 11.1. The molecule has 0 aliphatic heterocycles. The van der Waals surface area contributed by atoms with Crippen molar-refractivity contribution >= 4 is 15.8 Å². The van der Waals surface area contributed by atoms with Crippen molar-refractivity contribution in [2.45, 2.75) is 6.92 Å². The van der Waals surface area contributed by atoms with E-state index >= 15 is 0 Å². The minimum absolute atomic E-state index is 0.294. The Kier molecular flexibility index (Phi) is 3.94. The molecule has 0 fully saturated rings. The summed E-state index contributed by atoms with van der Waals surface area (Å²) in [6.45, 7) is 2.00. The quantitative estimate of drug-likeness (QED) is 0.939. The molecule has 0 amide bonds. The molecule has 1 aromatic heterocycles. The van der Waals surface area contributed by atoms with E-state index in [1.54, 1.807) is 25.4 Å². The third-order valence-corrected chi connectivity index (χ3v) is 3.30. The Hall–Kier alpha value is -2.08. The molecule has 1 heterocycles. The predicted molar refractivity (Wildman–Crippen MR) is 79.4 cm³/mol. The van der Waals surface area contributed by atoms with Gasteiger partial charge in [-0.15, -0.1) is 0 Å². The highest BCUT2D eigenvalue weighted by Gasteiger charge is 2.08. The number of aromatic nitrogens is 1. The van der Waals surface area contributed by atoms with E-state index in [0.29, 0.717) is 5.82 Å². The molecule has 0 saturated heterocycles. The Morgan fingerprint density at radius 3 is 2.50 bits per heavy atom. The number of hydrogen-bond donors (Lipinski definition) is 1. The Balaban J connectivity index is 2.37. The zero-order valence-electron chi connectivity index (χ0n) is 11.5. The van der Waals surface area contributed by atoms with Crippen LogP contribution in [0.3, 0.4) is 0 Å². The molecule has 0 aliphatic rings. The smallest absolute Gasteiger partial charge is 0.230 e. The van der Waals surface area contributed by atoms with Crippen LogP contribution >= 0.6 is 0 Å². The Labute approximate surface area is 118 Å². The van der Waals surface area contributed by atoms with E-state index in [-0.39, 0.29) is 0 Å². The highest BCUT2D eigenvalue weighted by molar-refractivity contribution is 7.92. The van der Waals surface area contributed by atoms with Crippen LogP contribution < -0.4 is 9.46 Å². The lowest BCUT2D eigenvalue weighted by Crippen LogP contribution is -2.10. The van der Waals surface area contributed by atoms with E-state index < -0.39 is 10.0 Å². The number of methoxy groups -OCH3 is 1. The van der Waals surface area contributed by atoms with Crippen LogP contribution in [0.4, 0.5) is 5.82 Å². The van der Waals surface area contributed by atoms with Gasteiger partial charge in [-0.1, -0.05) is 11.6 Å². The summed E-state index contributed by atoms with van der Waals surface area (Å²) in [6.07, 6.45) is 2.71. The summed E-state index contributed by atoms with van der Waals surface area (Å²) < 4.78 is 29.9. The third kappa shape index (κ3) is 3.48. The number of hydrogen-bond acceptors (Lipinski definition) is 4. The van der Waals surface area contributed by atoms with Crippen molar-refractivity contribution in [3.05, 3.63) is 42.1 Å².